The minimum absolute atomic E-state index is 0.254. The number of aromatic nitrogens is 1. The van der Waals surface area contributed by atoms with Gasteiger partial charge in [-0.05, 0) is 38.3 Å². The Morgan fingerprint density at radius 2 is 2.28 bits per heavy atom. The maximum atomic E-state index is 9.23. The lowest BCUT2D eigenvalue weighted by Gasteiger charge is -2.32. The SMILES string of the molecule is Cc1cc(Cl)c(CN2CCCC(CO)C2)c(Cl)n1. The Morgan fingerprint density at radius 3 is 2.94 bits per heavy atom. The van der Waals surface area contributed by atoms with E-state index >= 15 is 0 Å². The molecular weight excluding hydrogens is 271 g/mol. The number of aliphatic hydroxyl groups is 1. The summed E-state index contributed by atoms with van der Waals surface area (Å²) >= 11 is 12.4. The zero-order valence-electron chi connectivity index (χ0n) is 10.5. The van der Waals surface area contributed by atoms with E-state index < -0.39 is 0 Å². The first-order valence-corrected chi connectivity index (χ1v) is 7.00. The largest absolute Gasteiger partial charge is 0.396 e. The third-order valence-corrected chi connectivity index (χ3v) is 4.04. The predicted molar refractivity (Wildman–Crippen MR) is 74.1 cm³/mol. The molecule has 1 saturated heterocycles. The Morgan fingerprint density at radius 1 is 1.50 bits per heavy atom. The van der Waals surface area contributed by atoms with Gasteiger partial charge in [-0.25, -0.2) is 4.98 Å². The Kier molecular flexibility index (Phi) is 4.84. The van der Waals surface area contributed by atoms with Crippen LogP contribution in [-0.2, 0) is 6.54 Å². The van der Waals surface area contributed by atoms with Crippen molar-refractivity contribution < 1.29 is 5.11 Å². The summed E-state index contributed by atoms with van der Waals surface area (Å²) in [5.74, 6) is 0.370. The monoisotopic (exact) mass is 288 g/mol. The summed E-state index contributed by atoms with van der Waals surface area (Å²) in [5, 5.41) is 10.4. The van der Waals surface area contributed by atoms with Gasteiger partial charge in [0, 0.05) is 36.0 Å². The van der Waals surface area contributed by atoms with Crippen LogP contribution in [-0.4, -0.2) is 34.7 Å². The molecule has 1 unspecified atom stereocenters. The Bertz CT molecular complexity index is 402. The quantitative estimate of drug-likeness (QED) is 0.869. The van der Waals surface area contributed by atoms with E-state index in [4.69, 9.17) is 23.2 Å². The van der Waals surface area contributed by atoms with Crippen LogP contribution in [0.3, 0.4) is 0 Å². The van der Waals surface area contributed by atoms with Crippen molar-refractivity contribution in [1.29, 1.82) is 0 Å². The van der Waals surface area contributed by atoms with Crippen molar-refractivity contribution in [2.75, 3.05) is 19.7 Å². The summed E-state index contributed by atoms with van der Waals surface area (Å²) in [6, 6.07) is 1.84. The van der Waals surface area contributed by atoms with E-state index in [-0.39, 0.29) is 6.61 Å². The van der Waals surface area contributed by atoms with Gasteiger partial charge in [-0.3, -0.25) is 4.90 Å². The molecule has 2 heterocycles. The number of hydrogen-bond acceptors (Lipinski definition) is 3. The van der Waals surface area contributed by atoms with Crippen LogP contribution in [0.2, 0.25) is 10.2 Å². The van der Waals surface area contributed by atoms with E-state index in [9.17, 15) is 5.11 Å². The van der Waals surface area contributed by atoms with Crippen molar-refractivity contribution in [3.05, 3.63) is 27.5 Å². The van der Waals surface area contributed by atoms with Crippen LogP contribution in [0.25, 0.3) is 0 Å². The average molecular weight is 289 g/mol. The van der Waals surface area contributed by atoms with Gasteiger partial charge in [0.1, 0.15) is 5.15 Å². The van der Waals surface area contributed by atoms with Gasteiger partial charge >= 0.3 is 0 Å². The second kappa shape index (κ2) is 6.20. The number of halogens is 2. The molecule has 1 atom stereocenters. The van der Waals surface area contributed by atoms with Crippen LogP contribution in [0, 0.1) is 12.8 Å². The van der Waals surface area contributed by atoms with Crippen LogP contribution < -0.4 is 0 Å². The number of pyridine rings is 1. The van der Waals surface area contributed by atoms with E-state index in [1.165, 1.54) is 0 Å². The van der Waals surface area contributed by atoms with Gasteiger partial charge in [-0.1, -0.05) is 23.2 Å². The summed E-state index contributed by atoms with van der Waals surface area (Å²) in [6.07, 6.45) is 2.21. The maximum absolute atomic E-state index is 9.23. The number of rotatable bonds is 3. The smallest absolute Gasteiger partial charge is 0.135 e. The molecule has 0 bridgehead atoms. The van der Waals surface area contributed by atoms with Crippen LogP contribution in [0.5, 0.6) is 0 Å². The van der Waals surface area contributed by atoms with Gasteiger partial charge in [0.2, 0.25) is 0 Å². The first kappa shape index (κ1) is 14.1. The summed E-state index contributed by atoms with van der Waals surface area (Å²) in [7, 11) is 0. The van der Waals surface area contributed by atoms with Crippen LogP contribution >= 0.6 is 23.2 Å². The van der Waals surface area contributed by atoms with Gasteiger partial charge in [0.25, 0.3) is 0 Å². The number of aryl methyl sites for hydroxylation is 1. The number of likely N-dealkylation sites (tertiary alicyclic amines) is 1. The third-order valence-electron chi connectivity index (χ3n) is 3.39. The van der Waals surface area contributed by atoms with Gasteiger partial charge in [0.05, 0.1) is 0 Å². The molecule has 1 aromatic rings. The van der Waals surface area contributed by atoms with E-state index in [1.54, 1.807) is 0 Å². The first-order valence-electron chi connectivity index (χ1n) is 6.25. The molecule has 0 aromatic carbocycles. The third kappa shape index (κ3) is 3.35. The molecule has 0 spiro atoms. The molecule has 0 radical (unpaired) electrons. The Hall–Kier alpha value is -0.350. The van der Waals surface area contributed by atoms with Crippen molar-refractivity contribution >= 4 is 23.2 Å². The lowest BCUT2D eigenvalue weighted by atomic mass is 9.99. The van der Waals surface area contributed by atoms with Gasteiger partial charge < -0.3 is 5.11 Å². The molecule has 0 aliphatic carbocycles. The second-order valence-electron chi connectivity index (χ2n) is 4.94. The highest BCUT2D eigenvalue weighted by molar-refractivity contribution is 6.35. The molecule has 2 rings (SSSR count). The average Bonchev–Trinajstić information content (AvgIpc) is 2.34. The van der Waals surface area contributed by atoms with Gasteiger partial charge in [-0.2, -0.15) is 0 Å². The fraction of sp³-hybridized carbons (Fsp3) is 0.615. The molecule has 1 aliphatic rings. The van der Waals surface area contributed by atoms with Crippen molar-refractivity contribution in [3.63, 3.8) is 0 Å². The number of piperidine rings is 1. The maximum Gasteiger partial charge on any atom is 0.135 e. The molecule has 0 amide bonds. The summed E-state index contributed by atoms with van der Waals surface area (Å²) < 4.78 is 0. The molecule has 1 fully saturated rings. The van der Waals surface area contributed by atoms with Crippen LogP contribution in [0.4, 0.5) is 0 Å². The topological polar surface area (TPSA) is 36.4 Å². The van der Waals surface area contributed by atoms with Crippen molar-refractivity contribution in [2.45, 2.75) is 26.3 Å². The van der Waals surface area contributed by atoms with Gasteiger partial charge in [-0.15, -0.1) is 0 Å². The molecule has 0 saturated carbocycles. The summed E-state index contributed by atoms with van der Waals surface area (Å²) in [6.45, 7) is 4.77. The first-order chi connectivity index (χ1) is 8.60. The molecule has 1 aromatic heterocycles. The fourth-order valence-electron chi connectivity index (χ4n) is 2.43. The summed E-state index contributed by atoms with van der Waals surface area (Å²) in [5.41, 5.74) is 1.73. The molecule has 100 valence electrons. The lowest BCUT2D eigenvalue weighted by Crippen LogP contribution is -2.36. The zero-order valence-corrected chi connectivity index (χ0v) is 12.0. The van der Waals surface area contributed by atoms with E-state index in [0.29, 0.717) is 22.6 Å². The van der Waals surface area contributed by atoms with Crippen LogP contribution in [0.1, 0.15) is 24.1 Å². The van der Waals surface area contributed by atoms with Crippen LogP contribution in [0.15, 0.2) is 6.07 Å². The van der Waals surface area contributed by atoms with Crippen molar-refractivity contribution in [3.8, 4) is 0 Å². The van der Waals surface area contributed by atoms with Crippen molar-refractivity contribution in [2.24, 2.45) is 5.92 Å². The summed E-state index contributed by atoms with van der Waals surface area (Å²) in [4.78, 5) is 6.53. The molecule has 5 heteroatoms. The van der Waals surface area contributed by atoms with E-state index in [0.717, 1.165) is 37.2 Å². The minimum Gasteiger partial charge on any atom is -0.396 e. The fourth-order valence-corrected chi connectivity index (χ4v) is 3.08. The minimum atomic E-state index is 0.254. The van der Waals surface area contributed by atoms with Crippen molar-refractivity contribution in [1.82, 2.24) is 9.88 Å². The highest BCUT2D eigenvalue weighted by atomic mass is 35.5. The lowest BCUT2D eigenvalue weighted by molar-refractivity contribution is 0.116. The number of nitrogens with zero attached hydrogens (tertiary/aromatic N) is 2. The molecule has 3 nitrogen and oxygen atoms in total. The number of aliphatic hydroxyl groups excluding tert-OH is 1. The zero-order chi connectivity index (χ0) is 13.1. The Labute approximate surface area is 118 Å². The molecular formula is C13H18Cl2N2O. The standard InChI is InChI=1S/C13H18Cl2N2O/c1-9-5-12(14)11(13(15)16-9)7-17-4-2-3-10(6-17)8-18/h5,10,18H,2-4,6-8H2,1H3. The number of hydrogen-bond donors (Lipinski definition) is 1. The highest BCUT2D eigenvalue weighted by Gasteiger charge is 2.21. The second-order valence-corrected chi connectivity index (χ2v) is 5.71. The predicted octanol–water partition coefficient (Wildman–Crippen LogP) is 2.90. The molecule has 1 aliphatic heterocycles. The van der Waals surface area contributed by atoms with E-state index in [1.807, 2.05) is 13.0 Å². The Balaban J connectivity index is 2.09. The van der Waals surface area contributed by atoms with Gasteiger partial charge in [0.15, 0.2) is 0 Å². The highest BCUT2D eigenvalue weighted by Crippen LogP contribution is 2.27. The molecule has 1 N–H and O–H groups in total. The molecule has 18 heavy (non-hydrogen) atoms. The normalized spacial score (nSPS) is 21.2. The van der Waals surface area contributed by atoms with E-state index in [2.05, 4.69) is 9.88 Å².